The number of ether oxygens (including phenoxy) is 1. The summed E-state index contributed by atoms with van der Waals surface area (Å²) >= 11 is 0. The third kappa shape index (κ3) is 3.01. The molecule has 0 aromatic heterocycles. The molecule has 1 aromatic rings. The first-order valence-corrected chi connectivity index (χ1v) is 6.61. The lowest BCUT2D eigenvalue weighted by molar-refractivity contribution is 0.0785. The Hall–Kier alpha value is -1.02. The summed E-state index contributed by atoms with van der Waals surface area (Å²) in [6.07, 6.45) is 2.42. The number of nitrogens with one attached hydrogen (secondary N) is 1. The van der Waals surface area contributed by atoms with Crippen molar-refractivity contribution in [3.63, 3.8) is 0 Å². The van der Waals surface area contributed by atoms with E-state index in [0.29, 0.717) is 5.41 Å². The second-order valence-corrected chi connectivity index (χ2v) is 5.39. The molecule has 0 amide bonds. The van der Waals surface area contributed by atoms with Crippen LogP contribution < -0.4 is 10.1 Å². The molecule has 1 aliphatic rings. The van der Waals surface area contributed by atoms with Gasteiger partial charge in [0.2, 0.25) is 0 Å². The van der Waals surface area contributed by atoms with Gasteiger partial charge in [-0.05, 0) is 36.3 Å². The van der Waals surface area contributed by atoms with E-state index >= 15 is 0 Å². The summed E-state index contributed by atoms with van der Waals surface area (Å²) in [5, 5.41) is 3.40. The second-order valence-electron chi connectivity index (χ2n) is 5.39. The fourth-order valence-corrected chi connectivity index (χ4v) is 2.45. The maximum Gasteiger partial charge on any atom is 0.119 e. The lowest BCUT2D eigenvalue weighted by atomic mass is 9.69. The minimum atomic E-state index is 0.528. The Labute approximate surface area is 104 Å². The first-order chi connectivity index (χ1) is 8.23. The summed E-state index contributed by atoms with van der Waals surface area (Å²) in [6.45, 7) is 7.85. The van der Waals surface area contributed by atoms with Gasteiger partial charge in [0.05, 0.1) is 6.61 Å². The van der Waals surface area contributed by atoms with E-state index in [1.165, 1.54) is 19.5 Å². The van der Waals surface area contributed by atoms with E-state index in [-0.39, 0.29) is 0 Å². The fourth-order valence-electron chi connectivity index (χ4n) is 2.45. The molecule has 2 nitrogen and oxygen atoms in total. The smallest absolute Gasteiger partial charge is 0.119 e. The third-order valence-electron chi connectivity index (χ3n) is 4.01. The first-order valence-electron chi connectivity index (χ1n) is 6.61. The highest BCUT2D eigenvalue weighted by Crippen LogP contribution is 2.36. The maximum atomic E-state index is 5.73. The van der Waals surface area contributed by atoms with Crippen LogP contribution in [0, 0.1) is 11.3 Å². The lowest BCUT2D eigenvalue weighted by Crippen LogP contribution is -2.56. The Bertz CT molecular complexity index is 330. The average molecular weight is 233 g/mol. The Morgan fingerprint density at radius 3 is 2.47 bits per heavy atom. The Morgan fingerprint density at radius 2 is 1.94 bits per heavy atom. The van der Waals surface area contributed by atoms with Gasteiger partial charge in [0, 0.05) is 13.1 Å². The zero-order valence-corrected chi connectivity index (χ0v) is 10.9. The van der Waals surface area contributed by atoms with E-state index in [1.807, 2.05) is 30.3 Å². The zero-order valence-electron chi connectivity index (χ0n) is 10.9. The number of hydrogen-bond donors (Lipinski definition) is 1. The van der Waals surface area contributed by atoms with Crippen LogP contribution in [0.5, 0.6) is 5.75 Å². The van der Waals surface area contributed by atoms with Gasteiger partial charge in [0.25, 0.3) is 0 Å². The molecule has 0 atom stereocenters. The molecule has 2 heteroatoms. The van der Waals surface area contributed by atoms with Crippen LogP contribution in [0.1, 0.15) is 26.7 Å². The first kappa shape index (κ1) is 12.4. The maximum absolute atomic E-state index is 5.73. The Balaban J connectivity index is 1.69. The van der Waals surface area contributed by atoms with E-state index in [9.17, 15) is 0 Å². The number of hydrogen-bond acceptors (Lipinski definition) is 2. The molecule has 1 heterocycles. The van der Waals surface area contributed by atoms with Crippen molar-refractivity contribution < 1.29 is 4.74 Å². The van der Waals surface area contributed by atoms with Crippen LogP contribution in [-0.4, -0.2) is 19.7 Å². The van der Waals surface area contributed by atoms with E-state index in [4.69, 9.17) is 4.74 Å². The molecule has 1 aromatic carbocycles. The molecular weight excluding hydrogens is 210 g/mol. The summed E-state index contributed by atoms with van der Waals surface area (Å²) < 4.78 is 5.73. The van der Waals surface area contributed by atoms with Crippen LogP contribution in [-0.2, 0) is 0 Å². The number of rotatable bonds is 6. The van der Waals surface area contributed by atoms with Gasteiger partial charge in [-0.3, -0.25) is 0 Å². The van der Waals surface area contributed by atoms with Crippen LogP contribution in [0.4, 0.5) is 0 Å². The topological polar surface area (TPSA) is 21.3 Å². The van der Waals surface area contributed by atoms with Gasteiger partial charge in [-0.1, -0.05) is 32.0 Å². The largest absolute Gasteiger partial charge is 0.494 e. The summed E-state index contributed by atoms with van der Waals surface area (Å²) in [6, 6.07) is 10.1. The number of para-hydroxylation sites is 1. The van der Waals surface area contributed by atoms with Crippen molar-refractivity contribution in [3.05, 3.63) is 30.3 Å². The summed E-state index contributed by atoms with van der Waals surface area (Å²) in [4.78, 5) is 0. The van der Waals surface area contributed by atoms with E-state index in [2.05, 4.69) is 19.2 Å². The molecule has 94 valence electrons. The van der Waals surface area contributed by atoms with Gasteiger partial charge in [0.15, 0.2) is 0 Å². The molecule has 0 spiro atoms. The third-order valence-corrected chi connectivity index (χ3v) is 4.01. The van der Waals surface area contributed by atoms with Crippen LogP contribution in [0.2, 0.25) is 0 Å². The van der Waals surface area contributed by atoms with Crippen LogP contribution in [0.15, 0.2) is 30.3 Å². The van der Waals surface area contributed by atoms with Gasteiger partial charge in [-0.25, -0.2) is 0 Å². The van der Waals surface area contributed by atoms with Crippen LogP contribution >= 0.6 is 0 Å². The molecule has 0 aliphatic carbocycles. The molecule has 0 bridgehead atoms. The van der Waals surface area contributed by atoms with Crippen LogP contribution in [0.3, 0.4) is 0 Å². The summed E-state index contributed by atoms with van der Waals surface area (Å²) in [5.41, 5.74) is 0.528. The predicted octanol–water partition coefficient (Wildman–Crippen LogP) is 3.09. The predicted molar refractivity (Wildman–Crippen MR) is 71.3 cm³/mol. The molecule has 1 N–H and O–H groups in total. The standard InChI is InChI=1S/C15H23NO/c1-13(2)15(11-16-12-15)9-6-10-17-14-7-4-3-5-8-14/h3-5,7-8,13,16H,6,9-12H2,1-2H3. The highest BCUT2D eigenvalue weighted by atomic mass is 16.5. The molecular formula is C15H23NO. The van der Waals surface area contributed by atoms with Gasteiger partial charge >= 0.3 is 0 Å². The average Bonchev–Trinajstić information content (AvgIpc) is 2.27. The van der Waals surface area contributed by atoms with Gasteiger partial charge < -0.3 is 10.1 Å². The highest BCUT2D eigenvalue weighted by Gasteiger charge is 2.38. The molecule has 0 radical (unpaired) electrons. The quantitative estimate of drug-likeness (QED) is 0.762. The minimum Gasteiger partial charge on any atom is -0.494 e. The van der Waals surface area contributed by atoms with Crippen LogP contribution in [0.25, 0.3) is 0 Å². The van der Waals surface area contributed by atoms with Crippen molar-refractivity contribution in [2.75, 3.05) is 19.7 Å². The van der Waals surface area contributed by atoms with Gasteiger partial charge in [-0.2, -0.15) is 0 Å². The monoisotopic (exact) mass is 233 g/mol. The molecule has 0 unspecified atom stereocenters. The van der Waals surface area contributed by atoms with Gasteiger partial charge in [-0.15, -0.1) is 0 Å². The SMILES string of the molecule is CC(C)C1(CCCOc2ccccc2)CNC1. The molecule has 2 rings (SSSR count). The minimum absolute atomic E-state index is 0.528. The van der Waals surface area contributed by atoms with Crippen molar-refractivity contribution in [1.29, 1.82) is 0 Å². The van der Waals surface area contributed by atoms with Gasteiger partial charge in [0.1, 0.15) is 5.75 Å². The second kappa shape index (κ2) is 5.54. The lowest BCUT2D eigenvalue weighted by Gasteiger charge is -2.46. The van der Waals surface area contributed by atoms with Crippen molar-refractivity contribution in [2.24, 2.45) is 11.3 Å². The summed E-state index contributed by atoms with van der Waals surface area (Å²) in [5.74, 6) is 1.75. The molecule has 1 fully saturated rings. The van der Waals surface area contributed by atoms with Crippen molar-refractivity contribution in [2.45, 2.75) is 26.7 Å². The molecule has 1 aliphatic heterocycles. The number of benzene rings is 1. The normalized spacial score (nSPS) is 17.8. The molecule has 0 saturated carbocycles. The van der Waals surface area contributed by atoms with E-state index in [1.54, 1.807) is 0 Å². The van der Waals surface area contributed by atoms with E-state index in [0.717, 1.165) is 24.7 Å². The zero-order chi connectivity index (χ0) is 12.1. The van der Waals surface area contributed by atoms with Crippen molar-refractivity contribution >= 4 is 0 Å². The Morgan fingerprint density at radius 1 is 1.24 bits per heavy atom. The fraction of sp³-hybridized carbons (Fsp3) is 0.600. The Kier molecular flexibility index (Phi) is 4.06. The van der Waals surface area contributed by atoms with Crippen molar-refractivity contribution in [1.82, 2.24) is 5.32 Å². The summed E-state index contributed by atoms with van der Waals surface area (Å²) in [7, 11) is 0. The van der Waals surface area contributed by atoms with E-state index < -0.39 is 0 Å². The highest BCUT2D eigenvalue weighted by molar-refractivity contribution is 5.20. The van der Waals surface area contributed by atoms with Crippen molar-refractivity contribution in [3.8, 4) is 5.75 Å². The molecule has 17 heavy (non-hydrogen) atoms. The molecule has 1 saturated heterocycles.